The number of nitrogens with zero attached hydrogens (tertiary/aromatic N) is 1. The molecule has 7 heteroatoms. The molecule has 142 valence electrons. The highest BCUT2D eigenvalue weighted by atomic mass is 32.2. The van der Waals surface area contributed by atoms with Crippen molar-refractivity contribution in [2.24, 2.45) is 0 Å². The van der Waals surface area contributed by atoms with Gasteiger partial charge in [0.25, 0.3) is 15.8 Å². The van der Waals surface area contributed by atoms with E-state index in [4.69, 9.17) is 4.18 Å². The third kappa shape index (κ3) is 8.97. The molecule has 0 saturated carbocycles. The standard InChI is InChI=1S/C18H29NO5S/c1-2-3-4-5-6-7-8-9-10-11-16-24-25(22,23)18-14-12-17(13-15-18)19(20)21/h12-15H,2-11,16H2,1H3. The molecule has 0 unspecified atom stereocenters. The van der Waals surface area contributed by atoms with Crippen LogP contribution in [0.25, 0.3) is 0 Å². The van der Waals surface area contributed by atoms with Crippen molar-refractivity contribution in [3.8, 4) is 0 Å². The maximum atomic E-state index is 12.0. The predicted octanol–water partition coefficient (Wildman–Crippen LogP) is 5.22. The van der Waals surface area contributed by atoms with Crippen LogP contribution in [0.2, 0.25) is 0 Å². The molecule has 6 nitrogen and oxygen atoms in total. The van der Waals surface area contributed by atoms with E-state index in [9.17, 15) is 18.5 Å². The number of rotatable bonds is 14. The Morgan fingerprint density at radius 2 is 1.36 bits per heavy atom. The van der Waals surface area contributed by atoms with Crippen molar-refractivity contribution < 1.29 is 17.5 Å². The minimum atomic E-state index is -3.84. The summed E-state index contributed by atoms with van der Waals surface area (Å²) >= 11 is 0. The van der Waals surface area contributed by atoms with Gasteiger partial charge < -0.3 is 0 Å². The molecule has 1 aromatic rings. The average molecular weight is 371 g/mol. The fourth-order valence-corrected chi connectivity index (χ4v) is 3.50. The van der Waals surface area contributed by atoms with Gasteiger partial charge in [-0.2, -0.15) is 8.42 Å². The Hall–Kier alpha value is -1.47. The van der Waals surface area contributed by atoms with E-state index in [1.54, 1.807) is 0 Å². The van der Waals surface area contributed by atoms with Gasteiger partial charge >= 0.3 is 0 Å². The largest absolute Gasteiger partial charge is 0.296 e. The molecule has 0 spiro atoms. The van der Waals surface area contributed by atoms with Crippen LogP contribution >= 0.6 is 0 Å². The molecule has 0 aliphatic heterocycles. The van der Waals surface area contributed by atoms with E-state index in [1.165, 1.54) is 57.1 Å². The van der Waals surface area contributed by atoms with Gasteiger partial charge in [0, 0.05) is 12.1 Å². The Morgan fingerprint density at radius 1 is 0.880 bits per heavy atom. The van der Waals surface area contributed by atoms with Crippen LogP contribution in [0.1, 0.15) is 71.1 Å². The zero-order chi connectivity index (χ0) is 18.5. The molecule has 0 N–H and O–H groups in total. The van der Waals surface area contributed by atoms with Crippen LogP contribution in [0.3, 0.4) is 0 Å². The fraction of sp³-hybridized carbons (Fsp3) is 0.667. The maximum Gasteiger partial charge on any atom is 0.296 e. The zero-order valence-corrected chi connectivity index (χ0v) is 15.8. The molecular weight excluding hydrogens is 342 g/mol. The third-order valence-corrected chi connectivity index (χ3v) is 5.40. The van der Waals surface area contributed by atoms with Gasteiger partial charge in [0.05, 0.1) is 16.4 Å². The Labute approximate surface area is 150 Å². The molecule has 1 aromatic carbocycles. The lowest BCUT2D eigenvalue weighted by Crippen LogP contribution is -2.07. The van der Waals surface area contributed by atoms with Crippen LogP contribution in [0, 0.1) is 10.1 Å². The van der Waals surface area contributed by atoms with Gasteiger partial charge in [-0.3, -0.25) is 14.3 Å². The minimum Gasteiger partial charge on any atom is -0.266 e. The number of nitro groups is 1. The average Bonchev–Trinajstić information content (AvgIpc) is 2.59. The number of nitro benzene ring substituents is 1. The minimum absolute atomic E-state index is 0.0508. The second-order valence-electron chi connectivity index (χ2n) is 6.21. The molecule has 0 saturated heterocycles. The van der Waals surface area contributed by atoms with Crippen LogP contribution in [-0.2, 0) is 14.3 Å². The number of hydrogen-bond donors (Lipinski definition) is 0. The molecular formula is C18H29NO5S. The molecule has 0 aliphatic rings. The van der Waals surface area contributed by atoms with Gasteiger partial charge in [-0.05, 0) is 18.6 Å². The van der Waals surface area contributed by atoms with E-state index in [0.29, 0.717) is 6.42 Å². The summed E-state index contributed by atoms with van der Waals surface area (Å²) in [5.41, 5.74) is -0.145. The number of unbranched alkanes of at least 4 members (excludes halogenated alkanes) is 9. The summed E-state index contributed by atoms with van der Waals surface area (Å²) in [6.07, 6.45) is 11.7. The Morgan fingerprint density at radius 3 is 1.84 bits per heavy atom. The topological polar surface area (TPSA) is 86.5 Å². The highest BCUT2D eigenvalue weighted by Gasteiger charge is 2.16. The fourth-order valence-electron chi connectivity index (χ4n) is 2.56. The Bertz CT molecular complexity index is 598. The van der Waals surface area contributed by atoms with Crippen LogP contribution in [0.4, 0.5) is 5.69 Å². The maximum absolute atomic E-state index is 12.0. The van der Waals surface area contributed by atoms with Crippen molar-refractivity contribution in [2.45, 2.75) is 76.0 Å². The van der Waals surface area contributed by atoms with Gasteiger partial charge in [0.2, 0.25) is 0 Å². The van der Waals surface area contributed by atoms with Crippen LogP contribution in [0.5, 0.6) is 0 Å². The molecule has 0 fully saturated rings. The highest BCUT2D eigenvalue weighted by molar-refractivity contribution is 7.86. The third-order valence-electron chi connectivity index (χ3n) is 4.07. The lowest BCUT2D eigenvalue weighted by atomic mass is 10.1. The molecule has 0 aliphatic carbocycles. The summed E-state index contributed by atoms with van der Waals surface area (Å²) in [5.74, 6) is 0. The SMILES string of the molecule is CCCCCCCCCCCCOS(=O)(=O)c1ccc([N+](=O)[O-])cc1. The first-order chi connectivity index (χ1) is 12.0. The first kappa shape index (κ1) is 21.6. The van der Waals surface area contributed by atoms with Gasteiger partial charge in [0.15, 0.2) is 0 Å². The molecule has 0 bridgehead atoms. The van der Waals surface area contributed by atoms with E-state index in [2.05, 4.69) is 6.92 Å². The van der Waals surface area contributed by atoms with Gasteiger partial charge in [-0.15, -0.1) is 0 Å². The first-order valence-corrected chi connectivity index (χ1v) is 10.5. The summed E-state index contributed by atoms with van der Waals surface area (Å²) in [6, 6.07) is 4.73. The van der Waals surface area contributed by atoms with Gasteiger partial charge in [0.1, 0.15) is 0 Å². The number of hydrogen-bond acceptors (Lipinski definition) is 5. The molecule has 0 aromatic heterocycles. The summed E-state index contributed by atoms with van der Waals surface area (Å²) in [5, 5.41) is 10.6. The van der Waals surface area contributed by atoms with Crippen molar-refractivity contribution in [3.05, 3.63) is 34.4 Å². The van der Waals surface area contributed by atoms with Crippen molar-refractivity contribution in [2.75, 3.05) is 6.61 Å². The van der Waals surface area contributed by atoms with Gasteiger partial charge in [-0.1, -0.05) is 64.7 Å². The Balaban J connectivity index is 2.15. The summed E-state index contributed by atoms with van der Waals surface area (Å²) < 4.78 is 29.0. The van der Waals surface area contributed by atoms with Crippen LogP contribution in [0.15, 0.2) is 29.2 Å². The number of non-ortho nitro benzene ring substituents is 1. The monoisotopic (exact) mass is 371 g/mol. The summed E-state index contributed by atoms with van der Waals surface area (Å²) in [6.45, 7) is 2.36. The van der Waals surface area contributed by atoms with Crippen molar-refractivity contribution in [1.29, 1.82) is 0 Å². The summed E-state index contributed by atoms with van der Waals surface area (Å²) in [4.78, 5) is 9.95. The first-order valence-electron chi connectivity index (χ1n) is 9.11. The van der Waals surface area contributed by atoms with E-state index < -0.39 is 15.0 Å². The lowest BCUT2D eigenvalue weighted by Gasteiger charge is -2.06. The van der Waals surface area contributed by atoms with Crippen LogP contribution in [-0.4, -0.2) is 19.9 Å². The molecule has 1 rings (SSSR count). The molecule has 0 amide bonds. The van der Waals surface area contributed by atoms with E-state index in [0.717, 1.165) is 25.0 Å². The van der Waals surface area contributed by atoms with E-state index in [1.807, 2.05) is 0 Å². The second-order valence-corrected chi connectivity index (χ2v) is 7.82. The smallest absolute Gasteiger partial charge is 0.266 e. The highest BCUT2D eigenvalue weighted by Crippen LogP contribution is 2.18. The summed E-state index contributed by atoms with van der Waals surface area (Å²) in [7, 11) is -3.84. The normalized spacial score (nSPS) is 11.6. The van der Waals surface area contributed by atoms with Crippen molar-refractivity contribution in [3.63, 3.8) is 0 Å². The molecule has 0 heterocycles. The number of benzene rings is 1. The van der Waals surface area contributed by atoms with Gasteiger partial charge in [-0.25, -0.2) is 0 Å². The molecule has 0 atom stereocenters. The Kier molecular flexibility index (Phi) is 10.3. The zero-order valence-electron chi connectivity index (χ0n) is 15.0. The van der Waals surface area contributed by atoms with E-state index >= 15 is 0 Å². The quantitative estimate of drug-likeness (QED) is 0.194. The molecule has 25 heavy (non-hydrogen) atoms. The van der Waals surface area contributed by atoms with E-state index in [-0.39, 0.29) is 17.2 Å². The molecule has 0 radical (unpaired) electrons. The predicted molar refractivity (Wildman–Crippen MR) is 98.1 cm³/mol. The lowest BCUT2D eigenvalue weighted by molar-refractivity contribution is -0.384. The van der Waals surface area contributed by atoms with Crippen molar-refractivity contribution >= 4 is 15.8 Å². The van der Waals surface area contributed by atoms with Crippen molar-refractivity contribution in [1.82, 2.24) is 0 Å². The second kappa shape index (κ2) is 12.0. The van der Waals surface area contributed by atoms with Crippen LogP contribution < -0.4 is 0 Å².